The lowest BCUT2D eigenvalue weighted by molar-refractivity contribution is -0.117. The van der Waals surface area contributed by atoms with Gasteiger partial charge in [0.2, 0.25) is 15.9 Å². The topological polar surface area (TPSA) is 120 Å². The van der Waals surface area contributed by atoms with Crippen LogP contribution in [0.2, 0.25) is 0 Å². The Kier molecular flexibility index (Phi) is 6.66. The van der Waals surface area contributed by atoms with Crippen LogP contribution in [0.3, 0.4) is 0 Å². The maximum absolute atomic E-state index is 13.2. The number of amides is 2. The summed E-state index contributed by atoms with van der Waals surface area (Å²) in [4.78, 5) is 29.7. The van der Waals surface area contributed by atoms with Gasteiger partial charge in [-0.2, -0.15) is 4.31 Å². The Morgan fingerprint density at radius 3 is 2.62 bits per heavy atom. The van der Waals surface area contributed by atoms with Crippen LogP contribution in [0, 0.1) is 0 Å². The molecule has 0 radical (unpaired) electrons. The van der Waals surface area contributed by atoms with Crippen molar-refractivity contribution in [3.05, 3.63) is 42.7 Å². The minimum absolute atomic E-state index is 0.125. The molecule has 10 heteroatoms. The van der Waals surface area contributed by atoms with Crippen LogP contribution in [0.4, 0.5) is 0 Å². The Labute approximate surface area is 170 Å². The first-order chi connectivity index (χ1) is 13.9. The highest BCUT2D eigenvalue weighted by Crippen LogP contribution is 2.28. The molecule has 9 nitrogen and oxygen atoms in total. The summed E-state index contributed by atoms with van der Waals surface area (Å²) < 4.78 is 27.6. The van der Waals surface area contributed by atoms with E-state index in [0.717, 1.165) is 6.08 Å². The molecular weight excluding hydrogens is 396 g/mol. The highest BCUT2D eigenvalue weighted by Gasteiger charge is 2.44. The van der Waals surface area contributed by atoms with Crippen LogP contribution in [0.15, 0.2) is 37.1 Å². The molecular formula is C19H26N4O5S. The zero-order chi connectivity index (χ0) is 21.0. The number of nitrogens with zero attached hydrogens (tertiary/aromatic N) is 3. The lowest BCUT2D eigenvalue weighted by atomic mass is 10.1. The molecule has 0 saturated carbocycles. The second-order valence-corrected chi connectivity index (χ2v) is 9.47. The number of hydrogen-bond acceptors (Lipinski definition) is 6. The molecule has 2 saturated heterocycles. The van der Waals surface area contributed by atoms with Crippen LogP contribution >= 0.6 is 0 Å². The number of aliphatic hydroxyl groups excluding tert-OH is 1. The normalized spacial score (nSPS) is 23.7. The van der Waals surface area contributed by atoms with E-state index in [1.54, 1.807) is 29.3 Å². The molecule has 3 rings (SSSR count). The fourth-order valence-electron chi connectivity index (χ4n) is 3.93. The molecule has 2 fully saturated rings. The molecule has 2 amide bonds. The van der Waals surface area contributed by atoms with Gasteiger partial charge in [0.1, 0.15) is 5.69 Å². The van der Waals surface area contributed by atoms with E-state index < -0.39 is 21.3 Å². The van der Waals surface area contributed by atoms with E-state index in [4.69, 9.17) is 0 Å². The van der Waals surface area contributed by atoms with Crippen LogP contribution in [0.25, 0.3) is 0 Å². The van der Waals surface area contributed by atoms with Gasteiger partial charge in [0.05, 0.1) is 11.9 Å². The van der Waals surface area contributed by atoms with Gasteiger partial charge in [0, 0.05) is 37.9 Å². The number of rotatable bonds is 6. The summed E-state index contributed by atoms with van der Waals surface area (Å²) in [6.07, 6.45) is 3.68. The van der Waals surface area contributed by atoms with E-state index in [-0.39, 0.29) is 31.0 Å². The van der Waals surface area contributed by atoms with Gasteiger partial charge in [-0.3, -0.25) is 14.6 Å². The first-order valence-electron chi connectivity index (χ1n) is 9.61. The largest absolute Gasteiger partial charge is 0.395 e. The summed E-state index contributed by atoms with van der Waals surface area (Å²) in [6, 6.07) is 4.18. The third-order valence-electron chi connectivity index (χ3n) is 5.47. The maximum Gasteiger partial charge on any atom is 0.272 e. The van der Waals surface area contributed by atoms with E-state index >= 15 is 0 Å². The molecule has 0 spiro atoms. The number of piperidine rings is 1. The predicted molar refractivity (Wildman–Crippen MR) is 106 cm³/mol. The number of sulfonamides is 1. The Hall–Kier alpha value is -2.30. The average molecular weight is 423 g/mol. The molecule has 1 aromatic heterocycles. The number of nitrogens with one attached hydrogen (secondary N) is 1. The van der Waals surface area contributed by atoms with Crippen LogP contribution in [0.5, 0.6) is 0 Å². The SMILES string of the molecule is C=CC(=O)NC1CC(CO)N(S(=O)(=O)C2CCN(C(=O)c3ccccn3)CC2)C1. The minimum atomic E-state index is -3.67. The van der Waals surface area contributed by atoms with E-state index in [9.17, 15) is 23.1 Å². The molecule has 2 N–H and O–H groups in total. The van der Waals surface area contributed by atoms with Crippen molar-refractivity contribution >= 4 is 21.8 Å². The molecule has 1 aromatic rings. The lowest BCUT2D eigenvalue weighted by Crippen LogP contribution is -2.49. The summed E-state index contributed by atoms with van der Waals surface area (Å²) in [6.45, 7) is 3.87. The number of carbonyl (C=O) groups excluding carboxylic acids is 2. The second kappa shape index (κ2) is 9.02. The Morgan fingerprint density at radius 1 is 1.31 bits per heavy atom. The number of likely N-dealkylation sites (tertiary alicyclic amines) is 1. The zero-order valence-corrected chi connectivity index (χ0v) is 16.9. The zero-order valence-electron chi connectivity index (χ0n) is 16.1. The number of hydrogen-bond donors (Lipinski definition) is 2. The molecule has 0 aromatic carbocycles. The third kappa shape index (κ3) is 4.65. The van der Waals surface area contributed by atoms with Crippen molar-refractivity contribution in [2.75, 3.05) is 26.2 Å². The molecule has 3 heterocycles. The highest BCUT2D eigenvalue weighted by molar-refractivity contribution is 7.89. The molecule has 2 atom stereocenters. The molecule has 2 unspecified atom stereocenters. The standard InChI is InChI=1S/C19H26N4O5S/c1-2-18(25)21-14-11-15(13-24)23(12-14)29(27,28)16-6-9-22(10-7-16)19(26)17-5-3-4-8-20-17/h2-5,8,14-16,24H,1,6-7,9-13H2,(H,21,25). The Balaban J connectivity index is 1.64. The van der Waals surface area contributed by atoms with E-state index in [2.05, 4.69) is 16.9 Å². The fraction of sp³-hybridized carbons (Fsp3) is 0.526. The lowest BCUT2D eigenvalue weighted by Gasteiger charge is -2.34. The number of aliphatic hydroxyl groups is 1. The van der Waals surface area contributed by atoms with Gasteiger partial charge < -0.3 is 15.3 Å². The number of carbonyl (C=O) groups is 2. The van der Waals surface area contributed by atoms with E-state index in [1.807, 2.05) is 0 Å². The van der Waals surface area contributed by atoms with Crippen molar-refractivity contribution in [3.8, 4) is 0 Å². The molecule has 158 valence electrons. The van der Waals surface area contributed by atoms with Crippen molar-refractivity contribution < 1.29 is 23.1 Å². The highest BCUT2D eigenvalue weighted by atomic mass is 32.2. The third-order valence-corrected chi connectivity index (χ3v) is 7.88. The second-order valence-electron chi connectivity index (χ2n) is 7.30. The Bertz CT molecular complexity index is 853. The van der Waals surface area contributed by atoms with Gasteiger partial charge >= 0.3 is 0 Å². The fourth-order valence-corrected chi connectivity index (χ4v) is 6.07. The quantitative estimate of drug-likeness (QED) is 0.610. The molecule has 0 bridgehead atoms. The average Bonchev–Trinajstić information content (AvgIpc) is 3.17. The molecule has 29 heavy (non-hydrogen) atoms. The van der Waals surface area contributed by atoms with Gasteiger partial charge in [0.15, 0.2) is 0 Å². The van der Waals surface area contributed by atoms with Gasteiger partial charge in [-0.25, -0.2) is 8.42 Å². The smallest absolute Gasteiger partial charge is 0.272 e. The maximum atomic E-state index is 13.2. The first kappa shape index (κ1) is 21.4. The summed E-state index contributed by atoms with van der Waals surface area (Å²) >= 11 is 0. The van der Waals surface area contributed by atoms with Gasteiger partial charge in [-0.05, 0) is 37.5 Å². The van der Waals surface area contributed by atoms with Crippen LogP contribution in [-0.2, 0) is 14.8 Å². The van der Waals surface area contributed by atoms with Crippen molar-refractivity contribution in [3.63, 3.8) is 0 Å². The van der Waals surface area contributed by atoms with E-state index in [1.165, 1.54) is 4.31 Å². The van der Waals surface area contributed by atoms with Gasteiger partial charge in [0.25, 0.3) is 5.91 Å². The van der Waals surface area contributed by atoms with Crippen molar-refractivity contribution in [2.45, 2.75) is 36.6 Å². The molecule has 2 aliphatic heterocycles. The van der Waals surface area contributed by atoms with E-state index in [0.29, 0.717) is 38.0 Å². The predicted octanol–water partition coefficient (Wildman–Crippen LogP) is -0.247. The molecule has 0 aliphatic carbocycles. The summed E-state index contributed by atoms with van der Waals surface area (Å²) in [7, 11) is -3.67. The Morgan fingerprint density at radius 2 is 2.03 bits per heavy atom. The summed E-state index contributed by atoms with van der Waals surface area (Å²) in [5, 5.41) is 11.7. The first-order valence-corrected chi connectivity index (χ1v) is 11.1. The summed E-state index contributed by atoms with van der Waals surface area (Å²) in [5.74, 6) is -0.574. The monoisotopic (exact) mass is 422 g/mol. The van der Waals surface area contributed by atoms with Gasteiger partial charge in [-0.1, -0.05) is 12.6 Å². The molecule has 2 aliphatic rings. The van der Waals surface area contributed by atoms with Gasteiger partial charge in [-0.15, -0.1) is 0 Å². The van der Waals surface area contributed by atoms with Crippen LogP contribution in [-0.4, -0.2) is 83.1 Å². The minimum Gasteiger partial charge on any atom is -0.395 e. The summed E-state index contributed by atoms with van der Waals surface area (Å²) in [5.41, 5.74) is 0.342. The van der Waals surface area contributed by atoms with Crippen LogP contribution < -0.4 is 5.32 Å². The van der Waals surface area contributed by atoms with Crippen molar-refractivity contribution in [1.82, 2.24) is 19.5 Å². The van der Waals surface area contributed by atoms with Crippen molar-refractivity contribution in [2.24, 2.45) is 0 Å². The number of pyridine rings is 1. The van der Waals surface area contributed by atoms with Crippen LogP contribution in [0.1, 0.15) is 29.8 Å². The van der Waals surface area contributed by atoms with Crippen molar-refractivity contribution in [1.29, 1.82) is 0 Å². The number of aromatic nitrogens is 1.